The molecule has 1 aromatic rings. The van der Waals surface area contributed by atoms with Gasteiger partial charge in [-0.25, -0.2) is 0 Å². The van der Waals surface area contributed by atoms with Gasteiger partial charge in [-0.05, 0) is 24.5 Å². The van der Waals surface area contributed by atoms with Crippen LogP contribution in [0.25, 0.3) is 0 Å². The van der Waals surface area contributed by atoms with E-state index in [-0.39, 0.29) is 11.8 Å². The van der Waals surface area contributed by atoms with Gasteiger partial charge in [-0.3, -0.25) is 9.59 Å². The number of carbonyl (C=O) groups excluding carboxylic acids is 2. The molecule has 0 saturated carbocycles. The van der Waals surface area contributed by atoms with Crippen LogP contribution in [0, 0.1) is 0 Å². The molecular formula is C13H14N2O3. The minimum absolute atomic E-state index is 0.0952. The highest BCUT2D eigenvalue weighted by Gasteiger charge is 2.38. The van der Waals surface area contributed by atoms with E-state index in [2.05, 4.69) is 5.32 Å². The molecule has 5 nitrogen and oxygen atoms in total. The van der Waals surface area contributed by atoms with E-state index in [4.69, 9.17) is 0 Å². The summed E-state index contributed by atoms with van der Waals surface area (Å²) in [5, 5.41) is 11.8. The molecule has 2 unspecified atom stereocenters. The van der Waals surface area contributed by atoms with Gasteiger partial charge < -0.3 is 15.3 Å². The lowest BCUT2D eigenvalue weighted by molar-refractivity contribution is -0.132. The van der Waals surface area contributed by atoms with E-state index in [1.54, 1.807) is 11.0 Å². The van der Waals surface area contributed by atoms with Gasteiger partial charge >= 0.3 is 0 Å². The second-order valence-corrected chi connectivity index (χ2v) is 4.71. The first kappa shape index (κ1) is 11.2. The fourth-order valence-corrected chi connectivity index (χ4v) is 2.61. The van der Waals surface area contributed by atoms with Crippen molar-refractivity contribution in [2.24, 2.45) is 0 Å². The molecule has 0 aromatic heterocycles. The van der Waals surface area contributed by atoms with E-state index < -0.39 is 12.3 Å². The van der Waals surface area contributed by atoms with Crippen molar-refractivity contribution in [3.63, 3.8) is 0 Å². The molecule has 0 radical (unpaired) electrons. The Bertz CT molecular complexity index is 515. The smallest absolute Gasteiger partial charge is 0.255 e. The van der Waals surface area contributed by atoms with Crippen LogP contribution in [0.15, 0.2) is 24.3 Å². The predicted molar refractivity (Wildman–Crippen MR) is 63.5 cm³/mol. The number of rotatable bonds is 1. The van der Waals surface area contributed by atoms with Crippen LogP contribution in [0.5, 0.6) is 0 Å². The summed E-state index contributed by atoms with van der Waals surface area (Å²) in [6.07, 6.45) is 0.206. The third-order valence-corrected chi connectivity index (χ3v) is 3.55. The molecule has 1 fully saturated rings. The summed E-state index contributed by atoms with van der Waals surface area (Å²) < 4.78 is 0. The number of hydrogen-bond donors (Lipinski definition) is 2. The fraction of sp³-hybridized carbons (Fsp3) is 0.385. The van der Waals surface area contributed by atoms with E-state index in [0.29, 0.717) is 24.9 Å². The summed E-state index contributed by atoms with van der Waals surface area (Å²) in [7, 11) is 0. The summed E-state index contributed by atoms with van der Waals surface area (Å²) >= 11 is 0. The molecule has 2 heterocycles. The Kier molecular flexibility index (Phi) is 2.56. The predicted octanol–water partition coefficient (Wildman–Crippen LogP) is 0.239. The Balaban J connectivity index is 1.84. The molecule has 2 atom stereocenters. The van der Waals surface area contributed by atoms with Crippen molar-refractivity contribution in [3.8, 4) is 0 Å². The van der Waals surface area contributed by atoms with Crippen LogP contribution in [0.4, 0.5) is 0 Å². The fourth-order valence-electron chi connectivity index (χ4n) is 2.61. The highest BCUT2D eigenvalue weighted by molar-refractivity contribution is 6.01. The van der Waals surface area contributed by atoms with Crippen LogP contribution in [-0.2, 0) is 11.3 Å². The molecule has 94 valence electrons. The first-order valence-corrected chi connectivity index (χ1v) is 6.04. The van der Waals surface area contributed by atoms with Crippen molar-refractivity contribution >= 4 is 11.8 Å². The lowest BCUT2D eigenvalue weighted by atomic mass is 10.0. The highest BCUT2D eigenvalue weighted by atomic mass is 16.3. The van der Waals surface area contributed by atoms with Crippen LogP contribution < -0.4 is 5.32 Å². The maximum absolute atomic E-state index is 12.2. The molecule has 0 spiro atoms. The standard InChI is InChI=1S/C13H14N2O3/c16-11-6-5-10(12(17)14-11)15-7-8-3-1-2-4-9(8)13(15)18/h1-4,10-11,16H,5-7H2,(H,14,17). The average Bonchev–Trinajstić information content (AvgIpc) is 2.68. The van der Waals surface area contributed by atoms with Crippen LogP contribution in [0.2, 0.25) is 0 Å². The van der Waals surface area contributed by atoms with Gasteiger partial charge in [0, 0.05) is 12.1 Å². The molecule has 0 aliphatic carbocycles. The zero-order valence-electron chi connectivity index (χ0n) is 9.80. The normalized spacial score (nSPS) is 27.1. The molecule has 2 aliphatic rings. The van der Waals surface area contributed by atoms with E-state index in [1.165, 1.54) is 0 Å². The van der Waals surface area contributed by atoms with Crippen LogP contribution in [0.1, 0.15) is 28.8 Å². The first-order chi connectivity index (χ1) is 8.66. The zero-order chi connectivity index (χ0) is 12.7. The van der Waals surface area contributed by atoms with E-state index >= 15 is 0 Å². The van der Waals surface area contributed by atoms with Crippen molar-refractivity contribution in [1.82, 2.24) is 10.2 Å². The number of benzene rings is 1. The first-order valence-electron chi connectivity index (χ1n) is 6.04. The van der Waals surface area contributed by atoms with Crippen molar-refractivity contribution in [3.05, 3.63) is 35.4 Å². The number of piperidine rings is 1. The second kappa shape index (κ2) is 4.10. The summed E-state index contributed by atoms with van der Waals surface area (Å²) in [5.74, 6) is -0.364. The maximum Gasteiger partial charge on any atom is 0.255 e. The quantitative estimate of drug-likeness (QED) is 0.745. The lowest BCUT2D eigenvalue weighted by Gasteiger charge is -2.32. The van der Waals surface area contributed by atoms with Crippen LogP contribution in [0.3, 0.4) is 0 Å². The maximum atomic E-state index is 12.2. The molecule has 2 amide bonds. The van der Waals surface area contributed by atoms with E-state index in [9.17, 15) is 14.7 Å². The molecule has 18 heavy (non-hydrogen) atoms. The summed E-state index contributed by atoms with van der Waals surface area (Å²) in [6.45, 7) is 0.475. The van der Waals surface area contributed by atoms with Gasteiger partial charge in [-0.2, -0.15) is 0 Å². The third kappa shape index (κ3) is 1.67. The van der Waals surface area contributed by atoms with Crippen LogP contribution >= 0.6 is 0 Å². The Morgan fingerprint density at radius 2 is 2.00 bits per heavy atom. The largest absolute Gasteiger partial charge is 0.374 e. The van der Waals surface area contributed by atoms with Gasteiger partial charge in [0.1, 0.15) is 12.3 Å². The van der Waals surface area contributed by atoms with E-state index in [1.807, 2.05) is 18.2 Å². The van der Waals surface area contributed by atoms with Gasteiger partial charge in [0.15, 0.2) is 0 Å². The van der Waals surface area contributed by atoms with Gasteiger partial charge in [0.05, 0.1) is 0 Å². The third-order valence-electron chi connectivity index (χ3n) is 3.55. The minimum atomic E-state index is -0.783. The zero-order valence-corrected chi connectivity index (χ0v) is 9.80. The van der Waals surface area contributed by atoms with Gasteiger partial charge in [-0.1, -0.05) is 18.2 Å². The molecular weight excluding hydrogens is 232 g/mol. The Morgan fingerprint density at radius 3 is 2.72 bits per heavy atom. The molecule has 2 aliphatic heterocycles. The minimum Gasteiger partial charge on any atom is -0.374 e. The number of aliphatic hydroxyl groups is 1. The summed E-state index contributed by atoms with van der Waals surface area (Å²) in [6, 6.07) is 6.94. The van der Waals surface area contributed by atoms with Gasteiger partial charge in [-0.15, -0.1) is 0 Å². The monoisotopic (exact) mass is 246 g/mol. The Labute approximate surface area is 104 Å². The molecule has 1 saturated heterocycles. The van der Waals surface area contributed by atoms with Crippen molar-refractivity contribution in [2.75, 3.05) is 0 Å². The molecule has 5 heteroatoms. The number of nitrogens with zero attached hydrogens (tertiary/aromatic N) is 1. The molecule has 0 bridgehead atoms. The Hall–Kier alpha value is -1.88. The molecule has 3 rings (SSSR count). The number of hydrogen-bond acceptors (Lipinski definition) is 3. The SMILES string of the molecule is O=C1NC(O)CCC1N1Cc2ccccc2C1=O. The van der Waals surface area contributed by atoms with Crippen molar-refractivity contribution in [2.45, 2.75) is 31.7 Å². The number of amides is 2. The average molecular weight is 246 g/mol. The van der Waals surface area contributed by atoms with Crippen LogP contribution in [-0.4, -0.2) is 34.1 Å². The summed E-state index contributed by atoms with van der Waals surface area (Å²) in [5.41, 5.74) is 1.64. The van der Waals surface area contributed by atoms with E-state index in [0.717, 1.165) is 5.56 Å². The number of nitrogens with one attached hydrogen (secondary N) is 1. The number of aliphatic hydroxyl groups excluding tert-OH is 1. The highest BCUT2D eigenvalue weighted by Crippen LogP contribution is 2.27. The Morgan fingerprint density at radius 1 is 1.22 bits per heavy atom. The van der Waals surface area contributed by atoms with Crippen molar-refractivity contribution < 1.29 is 14.7 Å². The summed E-state index contributed by atoms with van der Waals surface area (Å²) in [4.78, 5) is 25.6. The van der Waals surface area contributed by atoms with Gasteiger partial charge in [0.2, 0.25) is 5.91 Å². The topological polar surface area (TPSA) is 69.6 Å². The lowest BCUT2D eigenvalue weighted by Crippen LogP contribution is -2.54. The number of fused-ring (bicyclic) bond motifs is 1. The van der Waals surface area contributed by atoms with Crippen molar-refractivity contribution in [1.29, 1.82) is 0 Å². The molecule has 1 aromatic carbocycles. The molecule has 2 N–H and O–H groups in total. The van der Waals surface area contributed by atoms with Gasteiger partial charge in [0.25, 0.3) is 5.91 Å². The number of carbonyl (C=O) groups is 2. The second-order valence-electron chi connectivity index (χ2n) is 4.71.